The molecule has 1 amide bonds. The first kappa shape index (κ1) is 16.0. The van der Waals surface area contributed by atoms with Crippen molar-refractivity contribution in [1.82, 2.24) is 15.5 Å². The Balaban J connectivity index is 2.16. The number of benzene rings is 1. The maximum absolute atomic E-state index is 11.8. The highest BCUT2D eigenvalue weighted by atomic mass is 16.5. The molecule has 0 saturated heterocycles. The third-order valence-corrected chi connectivity index (χ3v) is 3.32. The minimum absolute atomic E-state index is 0.146. The van der Waals surface area contributed by atoms with Crippen LogP contribution < -0.4 is 15.8 Å². The Morgan fingerprint density at radius 2 is 2.14 bits per heavy atom. The molecule has 2 rings (SSSR count). The largest absolute Gasteiger partial charge is 0.496 e. The normalized spacial score (nSPS) is 13.5. The molecule has 0 aliphatic carbocycles. The summed E-state index contributed by atoms with van der Waals surface area (Å²) in [5.74, 6) is 0.994. The van der Waals surface area contributed by atoms with Crippen LogP contribution >= 0.6 is 0 Å². The number of methoxy groups -OCH3 is 1. The second-order valence-corrected chi connectivity index (χ2v) is 5.02. The quantitative estimate of drug-likeness (QED) is 0.838. The Morgan fingerprint density at radius 1 is 1.41 bits per heavy atom. The first-order valence-electron chi connectivity index (χ1n) is 7.04. The molecule has 2 atom stereocenters. The Labute approximate surface area is 128 Å². The number of aromatic nitrogens is 2. The number of hydrogen-bond acceptors (Lipinski definition) is 6. The van der Waals surface area contributed by atoms with E-state index in [-0.39, 0.29) is 18.4 Å². The predicted molar refractivity (Wildman–Crippen MR) is 81.1 cm³/mol. The number of rotatable bonds is 6. The number of amides is 1. The van der Waals surface area contributed by atoms with Crippen molar-refractivity contribution in [1.29, 1.82) is 0 Å². The fourth-order valence-corrected chi connectivity index (χ4v) is 1.87. The minimum Gasteiger partial charge on any atom is -0.496 e. The van der Waals surface area contributed by atoms with Gasteiger partial charge >= 0.3 is 0 Å². The summed E-state index contributed by atoms with van der Waals surface area (Å²) in [5.41, 5.74) is 6.20. The lowest BCUT2D eigenvalue weighted by Gasteiger charge is -2.13. The Kier molecular flexibility index (Phi) is 5.11. The fourth-order valence-electron chi connectivity index (χ4n) is 1.87. The summed E-state index contributed by atoms with van der Waals surface area (Å²) in [6.45, 7) is 3.83. The molecular weight excluding hydrogens is 284 g/mol. The zero-order valence-corrected chi connectivity index (χ0v) is 12.9. The number of nitrogens with zero attached hydrogens (tertiary/aromatic N) is 2. The number of para-hydroxylation sites is 1. The second kappa shape index (κ2) is 7.04. The molecule has 0 aliphatic heterocycles. The number of nitrogens with two attached hydrogens (primary N) is 1. The maximum atomic E-state index is 11.8. The van der Waals surface area contributed by atoms with Gasteiger partial charge in [0.05, 0.1) is 12.7 Å². The lowest BCUT2D eigenvalue weighted by Crippen LogP contribution is -2.35. The molecule has 0 radical (unpaired) electrons. The maximum Gasteiger partial charge on any atom is 0.249 e. The van der Waals surface area contributed by atoms with Crippen molar-refractivity contribution < 1.29 is 14.1 Å². The summed E-state index contributed by atoms with van der Waals surface area (Å²) >= 11 is 0. The van der Waals surface area contributed by atoms with E-state index in [1.807, 2.05) is 24.3 Å². The number of carbonyl (C=O) groups is 1. The van der Waals surface area contributed by atoms with Crippen molar-refractivity contribution in [2.24, 2.45) is 11.7 Å². The Hall–Kier alpha value is -2.41. The molecule has 0 fully saturated rings. The third-order valence-electron chi connectivity index (χ3n) is 3.32. The molecule has 22 heavy (non-hydrogen) atoms. The molecule has 1 aromatic carbocycles. The highest BCUT2D eigenvalue weighted by Crippen LogP contribution is 2.27. The van der Waals surface area contributed by atoms with E-state index in [1.54, 1.807) is 21.0 Å². The Bertz CT molecular complexity index is 641. The van der Waals surface area contributed by atoms with E-state index in [0.717, 1.165) is 5.56 Å². The van der Waals surface area contributed by atoms with Crippen molar-refractivity contribution >= 4 is 5.91 Å². The molecule has 0 saturated carbocycles. The highest BCUT2D eigenvalue weighted by molar-refractivity contribution is 5.78. The van der Waals surface area contributed by atoms with Crippen LogP contribution in [-0.4, -0.2) is 29.7 Å². The molecule has 0 spiro atoms. The summed E-state index contributed by atoms with van der Waals surface area (Å²) in [6.07, 6.45) is 0. The van der Waals surface area contributed by atoms with Gasteiger partial charge in [-0.05, 0) is 19.1 Å². The van der Waals surface area contributed by atoms with Crippen molar-refractivity contribution in [2.45, 2.75) is 19.9 Å². The molecule has 7 nitrogen and oxygen atoms in total. The van der Waals surface area contributed by atoms with Crippen LogP contribution in [0.1, 0.15) is 25.8 Å². The van der Waals surface area contributed by atoms with Crippen LogP contribution in [0.4, 0.5) is 0 Å². The molecular formula is C15H20N4O3. The van der Waals surface area contributed by atoms with Crippen LogP contribution in [0.15, 0.2) is 28.8 Å². The summed E-state index contributed by atoms with van der Waals surface area (Å²) in [5, 5.41) is 6.74. The van der Waals surface area contributed by atoms with Gasteiger partial charge in [-0.15, -0.1) is 0 Å². The summed E-state index contributed by atoms with van der Waals surface area (Å²) in [7, 11) is 1.58. The van der Waals surface area contributed by atoms with Gasteiger partial charge in [-0.3, -0.25) is 4.79 Å². The predicted octanol–water partition coefficient (Wildman–Crippen LogP) is 1.52. The van der Waals surface area contributed by atoms with E-state index < -0.39 is 6.04 Å². The zero-order chi connectivity index (χ0) is 16.1. The average Bonchev–Trinajstić information content (AvgIpc) is 3.03. The minimum atomic E-state index is -0.391. The molecule has 1 heterocycles. The van der Waals surface area contributed by atoms with E-state index in [0.29, 0.717) is 17.5 Å². The standard InChI is InChI=1S/C15H20N4O3/c1-9(8-16)14(20)17-10(2)15-18-13(19-22-15)11-6-4-5-7-12(11)21-3/h4-7,9-10H,8,16H2,1-3H3,(H,17,20). The SMILES string of the molecule is COc1ccccc1-c1noc(C(C)NC(=O)C(C)CN)n1. The van der Waals surface area contributed by atoms with Crippen LogP contribution in [0, 0.1) is 5.92 Å². The van der Waals surface area contributed by atoms with E-state index in [1.165, 1.54) is 0 Å². The van der Waals surface area contributed by atoms with Gasteiger partial charge in [-0.25, -0.2) is 0 Å². The number of hydrogen-bond donors (Lipinski definition) is 2. The highest BCUT2D eigenvalue weighted by Gasteiger charge is 2.20. The molecule has 1 aromatic heterocycles. The van der Waals surface area contributed by atoms with Crippen LogP contribution in [0.2, 0.25) is 0 Å². The summed E-state index contributed by atoms with van der Waals surface area (Å²) in [4.78, 5) is 16.2. The van der Waals surface area contributed by atoms with Gasteiger partial charge in [-0.1, -0.05) is 24.2 Å². The van der Waals surface area contributed by atoms with Crippen LogP contribution in [-0.2, 0) is 4.79 Å². The van der Waals surface area contributed by atoms with Gasteiger partial charge in [-0.2, -0.15) is 4.98 Å². The average molecular weight is 304 g/mol. The molecule has 7 heteroatoms. The van der Waals surface area contributed by atoms with E-state index >= 15 is 0 Å². The van der Waals surface area contributed by atoms with E-state index in [2.05, 4.69) is 15.5 Å². The lowest BCUT2D eigenvalue weighted by atomic mass is 10.1. The summed E-state index contributed by atoms with van der Waals surface area (Å²) in [6, 6.07) is 6.99. The zero-order valence-electron chi connectivity index (χ0n) is 12.9. The van der Waals surface area contributed by atoms with Gasteiger partial charge < -0.3 is 20.3 Å². The third kappa shape index (κ3) is 3.43. The van der Waals surface area contributed by atoms with Crippen molar-refractivity contribution in [3.8, 4) is 17.1 Å². The molecule has 118 valence electrons. The van der Waals surface area contributed by atoms with Gasteiger partial charge in [0.15, 0.2) is 0 Å². The number of carbonyl (C=O) groups excluding carboxylic acids is 1. The Morgan fingerprint density at radius 3 is 2.82 bits per heavy atom. The molecule has 0 aliphatic rings. The lowest BCUT2D eigenvalue weighted by molar-refractivity contribution is -0.125. The van der Waals surface area contributed by atoms with Crippen molar-refractivity contribution in [3.63, 3.8) is 0 Å². The van der Waals surface area contributed by atoms with Crippen LogP contribution in [0.3, 0.4) is 0 Å². The molecule has 3 N–H and O–H groups in total. The van der Waals surface area contributed by atoms with Gasteiger partial charge in [0.25, 0.3) is 0 Å². The smallest absolute Gasteiger partial charge is 0.249 e. The first-order chi connectivity index (χ1) is 10.6. The second-order valence-electron chi connectivity index (χ2n) is 5.02. The number of ether oxygens (including phenoxy) is 1. The van der Waals surface area contributed by atoms with E-state index in [4.69, 9.17) is 15.0 Å². The summed E-state index contributed by atoms with van der Waals surface area (Å²) < 4.78 is 10.5. The van der Waals surface area contributed by atoms with Crippen LogP contribution in [0.5, 0.6) is 5.75 Å². The molecule has 2 unspecified atom stereocenters. The molecule has 2 aromatic rings. The molecule has 0 bridgehead atoms. The van der Waals surface area contributed by atoms with Crippen molar-refractivity contribution in [2.75, 3.05) is 13.7 Å². The van der Waals surface area contributed by atoms with Gasteiger partial charge in [0, 0.05) is 12.5 Å². The number of nitrogens with one attached hydrogen (secondary N) is 1. The van der Waals surface area contributed by atoms with Crippen LogP contribution in [0.25, 0.3) is 11.4 Å². The van der Waals surface area contributed by atoms with Crippen molar-refractivity contribution in [3.05, 3.63) is 30.2 Å². The van der Waals surface area contributed by atoms with Gasteiger partial charge in [0.2, 0.25) is 17.6 Å². The van der Waals surface area contributed by atoms with Gasteiger partial charge in [0.1, 0.15) is 11.8 Å². The van der Waals surface area contributed by atoms with E-state index in [9.17, 15) is 4.79 Å². The fraction of sp³-hybridized carbons (Fsp3) is 0.400. The first-order valence-corrected chi connectivity index (χ1v) is 7.04. The monoisotopic (exact) mass is 304 g/mol. The topological polar surface area (TPSA) is 103 Å².